The molecule has 1 aromatic heterocycles. The molecule has 0 bridgehead atoms. The maximum absolute atomic E-state index is 14.3. The number of likely N-dealkylation sites (N-methyl/N-ethyl adjacent to an activating group) is 2. The Morgan fingerprint density at radius 1 is 1.12 bits per heavy atom. The Morgan fingerprint density at radius 2 is 1.82 bits per heavy atom. The number of amides is 3. The predicted octanol–water partition coefficient (Wildman–Crippen LogP) is 5.09. The lowest BCUT2D eigenvalue weighted by Crippen LogP contribution is -2.60. The predicted molar refractivity (Wildman–Crippen MR) is 197 cm³/mol. The molecule has 12 nitrogen and oxygen atoms in total. The van der Waals surface area contributed by atoms with E-state index in [1.54, 1.807) is 29.2 Å². The number of aromatic nitrogens is 1. The number of carboxylic acids is 1. The van der Waals surface area contributed by atoms with Crippen LogP contribution in [0, 0.1) is 17.8 Å². The molecule has 13 heteroatoms. The van der Waals surface area contributed by atoms with E-state index >= 15 is 0 Å². The second-order valence-corrected chi connectivity index (χ2v) is 15.1. The number of ether oxygens (including phenoxy) is 1. The van der Waals surface area contributed by atoms with Crippen molar-refractivity contribution >= 4 is 41.0 Å². The van der Waals surface area contributed by atoms with Gasteiger partial charge in [0.25, 0.3) is 5.91 Å². The highest BCUT2D eigenvalue weighted by molar-refractivity contribution is 7.09. The first-order valence-electron chi connectivity index (χ1n) is 19.1. The molecule has 2 aromatic rings. The number of hydrogen-bond acceptors (Lipinski definition) is 9. The quantitative estimate of drug-likeness (QED) is 0.178. The number of esters is 1. The molecule has 1 aliphatic rings. The lowest BCUT2D eigenvalue weighted by Gasteiger charge is -2.38. The summed E-state index contributed by atoms with van der Waals surface area (Å²) in [5.41, 5.74) is -0.109. The molecule has 3 amide bonds. The standard InChI is InChI=1S/C38H57N5O7S/c1-10-24(4)32(41-37(49)38(7)17-14-18-42(38)8)35(46)43(9)30(23(2)3)21-31(50-26(6)44)34-40-29(22-51-34)33(45)39-28(19-25(5)36(47)48)20-27-15-12-11-13-16-27/h11-13,15-16,22-25,28,30-32H,10,14,17-21H2,1-9H3,(H,39,45)(H,41,49)(H,47,48)/t24-,25-,28+,30+,31+,32-,38-/m0/s1/i7D,8D. The number of hydrogen-bond donors (Lipinski definition) is 3. The number of nitrogens with zero attached hydrogens (tertiary/aromatic N) is 3. The second-order valence-electron chi connectivity index (χ2n) is 14.2. The number of nitrogens with one attached hydrogen (secondary N) is 2. The van der Waals surface area contributed by atoms with E-state index in [9.17, 15) is 29.1 Å². The molecule has 1 aliphatic heterocycles. The molecule has 1 aromatic carbocycles. The summed E-state index contributed by atoms with van der Waals surface area (Å²) in [4.78, 5) is 73.4. The molecular weight excluding hydrogens is 671 g/mol. The third kappa shape index (κ3) is 11.1. The van der Waals surface area contributed by atoms with Gasteiger partial charge in [0, 0.05) is 40.6 Å². The van der Waals surface area contributed by atoms with Gasteiger partial charge in [-0.15, -0.1) is 11.3 Å². The van der Waals surface area contributed by atoms with Crippen LogP contribution in [0.2, 0.25) is 0 Å². The van der Waals surface area contributed by atoms with Gasteiger partial charge in [-0.2, -0.15) is 0 Å². The van der Waals surface area contributed by atoms with Gasteiger partial charge in [0.05, 0.1) is 11.5 Å². The van der Waals surface area contributed by atoms with Gasteiger partial charge in [-0.1, -0.05) is 71.4 Å². The topological polar surface area (TPSA) is 158 Å². The van der Waals surface area contributed by atoms with Crippen LogP contribution in [-0.4, -0.2) is 93.8 Å². The Morgan fingerprint density at radius 3 is 2.41 bits per heavy atom. The number of likely N-dealkylation sites (tertiary alicyclic amines) is 1. The average Bonchev–Trinajstić information content (AvgIpc) is 3.80. The monoisotopic (exact) mass is 729 g/mol. The highest BCUT2D eigenvalue weighted by atomic mass is 32.1. The molecule has 0 saturated carbocycles. The Balaban J connectivity index is 1.84. The van der Waals surface area contributed by atoms with Gasteiger partial charge >= 0.3 is 11.9 Å². The van der Waals surface area contributed by atoms with E-state index in [2.05, 4.69) is 15.6 Å². The van der Waals surface area contributed by atoms with E-state index in [4.69, 9.17) is 7.48 Å². The summed E-state index contributed by atoms with van der Waals surface area (Å²) >= 11 is 1.15. The third-order valence-corrected chi connectivity index (χ3v) is 10.9. The minimum absolute atomic E-state index is 0.102. The first-order chi connectivity index (χ1) is 25.1. The SMILES string of the molecule is [2H]CN1CCC[C@@]1(C[2H])C(=O)N[C@H](C(=O)N(C)[C@H](C[C@@H](OC(C)=O)c1nc(C(=O)N[C@@H](Cc2ccccc2)C[C@H](C)C(=O)O)cs1)C(C)C)[C@@H](C)CC. The molecule has 51 heavy (non-hydrogen) atoms. The molecule has 3 rings (SSSR count). The molecule has 2 heterocycles. The zero-order chi connectivity index (χ0) is 39.5. The summed E-state index contributed by atoms with van der Waals surface area (Å²) in [6.07, 6.45) is 1.67. The van der Waals surface area contributed by atoms with Gasteiger partial charge in [-0.25, -0.2) is 4.98 Å². The van der Waals surface area contributed by atoms with E-state index < -0.39 is 59.4 Å². The van der Waals surface area contributed by atoms with Crippen LogP contribution in [0.1, 0.15) is 110 Å². The molecule has 7 atom stereocenters. The van der Waals surface area contributed by atoms with Crippen LogP contribution in [-0.2, 0) is 30.3 Å². The van der Waals surface area contributed by atoms with Crippen LogP contribution in [0.3, 0.4) is 0 Å². The molecule has 1 fully saturated rings. The summed E-state index contributed by atoms with van der Waals surface area (Å²) < 4.78 is 21.9. The molecule has 0 radical (unpaired) electrons. The summed E-state index contributed by atoms with van der Waals surface area (Å²) in [5, 5.41) is 17.4. The van der Waals surface area contributed by atoms with Crippen molar-refractivity contribution in [2.45, 2.75) is 117 Å². The fraction of sp³-hybridized carbons (Fsp3) is 0.632. The van der Waals surface area contributed by atoms with Crippen LogP contribution in [0.15, 0.2) is 35.7 Å². The number of carboxylic acid groups (broad SMARTS) is 1. The van der Waals surface area contributed by atoms with Crippen LogP contribution >= 0.6 is 11.3 Å². The number of rotatable bonds is 18. The number of carbonyl (C=O) groups is 5. The van der Waals surface area contributed by atoms with Crippen molar-refractivity contribution < 1.29 is 36.6 Å². The van der Waals surface area contributed by atoms with Gasteiger partial charge in [0.2, 0.25) is 11.8 Å². The Hall–Kier alpha value is -3.84. The second kappa shape index (κ2) is 18.6. The number of thiazole rings is 1. The van der Waals surface area contributed by atoms with Crippen molar-refractivity contribution in [2.24, 2.45) is 17.8 Å². The third-order valence-electron chi connectivity index (χ3n) is 9.94. The first kappa shape index (κ1) is 38.4. The van der Waals surface area contributed by atoms with Crippen LogP contribution < -0.4 is 10.6 Å². The lowest BCUT2D eigenvalue weighted by atomic mass is 9.91. The van der Waals surface area contributed by atoms with Crippen LogP contribution in [0.5, 0.6) is 0 Å². The Kier molecular flexibility index (Phi) is 14.0. The molecule has 0 spiro atoms. The summed E-state index contributed by atoms with van der Waals surface area (Å²) in [5.74, 6) is -3.76. The zero-order valence-corrected chi connectivity index (χ0v) is 31.8. The van der Waals surface area contributed by atoms with Crippen molar-refractivity contribution in [2.75, 3.05) is 20.6 Å². The highest BCUT2D eigenvalue weighted by Crippen LogP contribution is 2.32. The Labute approximate surface area is 309 Å². The lowest BCUT2D eigenvalue weighted by molar-refractivity contribution is -0.149. The number of carbonyl (C=O) groups excluding carboxylic acids is 4. The van der Waals surface area contributed by atoms with Gasteiger partial charge in [-0.05, 0) is 63.6 Å². The molecule has 0 aliphatic carbocycles. The molecule has 0 unspecified atom stereocenters. The van der Waals surface area contributed by atoms with Gasteiger partial charge in [0.15, 0.2) is 6.10 Å². The average molecular weight is 730 g/mol. The maximum atomic E-state index is 14.3. The minimum Gasteiger partial charge on any atom is -0.481 e. The first-order valence-corrected chi connectivity index (χ1v) is 18.6. The fourth-order valence-corrected chi connectivity index (χ4v) is 7.29. The summed E-state index contributed by atoms with van der Waals surface area (Å²) in [6.45, 7) is 10.9. The smallest absolute Gasteiger partial charge is 0.306 e. The molecule has 282 valence electrons. The van der Waals surface area contributed by atoms with Crippen molar-refractivity contribution in [3.8, 4) is 0 Å². The summed E-state index contributed by atoms with van der Waals surface area (Å²) in [6, 6.07) is 7.64. The summed E-state index contributed by atoms with van der Waals surface area (Å²) in [7, 11) is 1.55. The molecule has 3 N–H and O–H groups in total. The van der Waals surface area contributed by atoms with E-state index in [-0.39, 0.29) is 50.2 Å². The highest BCUT2D eigenvalue weighted by Gasteiger charge is 2.44. The maximum Gasteiger partial charge on any atom is 0.306 e. The Bertz CT molecular complexity index is 1550. The van der Waals surface area contributed by atoms with Crippen molar-refractivity contribution in [1.82, 2.24) is 25.4 Å². The van der Waals surface area contributed by atoms with Gasteiger partial charge in [0.1, 0.15) is 16.7 Å². The van der Waals surface area contributed by atoms with E-state index in [1.807, 2.05) is 58.0 Å². The normalized spacial score (nSPS) is 20.2. The molecule has 1 saturated heterocycles. The molecular formula is C38H57N5O7S. The van der Waals surface area contributed by atoms with E-state index in [0.29, 0.717) is 37.2 Å². The van der Waals surface area contributed by atoms with Crippen LogP contribution in [0.25, 0.3) is 0 Å². The largest absolute Gasteiger partial charge is 0.481 e. The zero-order valence-electron chi connectivity index (χ0n) is 33.0. The van der Waals surface area contributed by atoms with Gasteiger partial charge < -0.3 is 25.4 Å². The van der Waals surface area contributed by atoms with Crippen molar-refractivity contribution in [3.63, 3.8) is 0 Å². The number of aliphatic carboxylic acids is 1. The minimum atomic E-state index is -1.16. The van der Waals surface area contributed by atoms with Crippen LogP contribution in [0.4, 0.5) is 0 Å². The van der Waals surface area contributed by atoms with Crippen molar-refractivity contribution in [1.29, 1.82) is 0 Å². The van der Waals surface area contributed by atoms with E-state index in [1.165, 1.54) is 6.92 Å². The van der Waals surface area contributed by atoms with Gasteiger partial charge in [-0.3, -0.25) is 28.9 Å². The number of benzene rings is 1. The fourth-order valence-electron chi connectivity index (χ4n) is 6.45. The van der Waals surface area contributed by atoms with E-state index in [0.717, 1.165) is 16.9 Å². The van der Waals surface area contributed by atoms with Crippen molar-refractivity contribution in [3.05, 3.63) is 52.0 Å².